The number of nitrogens with zero attached hydrogens (tertiary/aromatic N) is 1. The van der Waals surface area contributed by atoms with Gasteiger partial charge in [-0.15, -0.1) is 0 Å². The Kier molecular flexibility index (Phi) is 8.65. The highest BCUT2D eigenvalue weighted by Crippen LogP contribution is 2.26. The first-order chi connectivity index (χ1) is 14.3. The maximum absolute atomic E-state index is 14.2. The van der Waals surface area contributed by atoms with Gasteiger partial charge in [0.25, 0.3) is 5.91 Å². The van der Waals surface area contributed by atoms with Crippen molar-refractivity contribution in [2.45, 2.75) is 33.4 Å². The van der Waals surface area contributed by atoms with E-state index in [0.717, 1.165) is 0 Å². The fourth-order valence-corrected chi connectivity index (χ4v) is 2.81. The van der Waals surface area contributed by atoms with Crippen LogP contribution in [0.15, 0.2) is 48.5 Å². The molecule has 30 heavy (non-hydrogen) atoms. The summed E-state index contributed by atoms with van der Waals surface area (Å²) in [5.74, 6) is 0.00769. The summed E-state index contributed by atoms with van der Waals surface area (Å²) in [6, 6.07) is 12.4. The number of amides is 2. The molecule has 2 aromatic carbocycles. The molecule has 0 spiro atoms. The Labute approximate surface area is 177 Å². The lowest BCUT2D eigenvalue weighted by Gasteiger charge is -2.29. The van der Waals surface area contributed by atoms with Gasteiger partial charge in [-0.25, -0.2) is 4.39 Å². The van der Waals surface area contributed by atoms with Gasteiger partial charge in [0, 0.05) is 18.7 Å². The molecule has 6 nitrogen and oxygen atoms in total. The Bertz CT molecular complexity index is 857. The van der Waals surface area contributed by atoms with Gasteiger partial charge in [0.05, 0.1) is 7.11 Å². The van der Waals surface area contributed by atoms with Gasteiger partial charge in [-0.2, -0.15) is 0 Å². The van der Waals surface area contributed by atoms with E-state index in [1.807, 2.05) is 13.8 Å². The summed E-state index contributed by atoms with van der Waals surface area (Å²) in [4.78, 5) is 26.9. The average molecular weight is 416 g/mol. The average Bonchev–Trinajstić information content (AvgIpc) is 2.74. The number of para-hydroxylation sites is 2. The first kappa shape index (κ1) is 23.2. The van der Waals surface area contributed by atoms with Gasteiger partial charge in [-0.1, -0.05) is 44.2 Å². The van der Waals surface area contributed by atoms with Crippen molar-refractivity contribution in [3.05, 3.63) is 59.9 Å². The van der Waals surface area contributed by atoms with Crippen molar-refractivity contribution in [3.63, 3.8) is 0 Å². The van der Waals surface area contributed by atoms with Gasteiger partial charge < -0.3 is 19.7 Å². The SMILES string of the molecule is COc1ccccc1OCC(=O)N(Cc1ccccc1F)[C@@H](C)C(=O)NCC(C)C. The normalized spacial score (nSPS) is 11.7. The molecule has 0 fully saturated rings. The van der Waals surface area contributed by atoms with Crippen molar-refractivity contribution in [2.75, 3.05) is 20.3 Å². The summed E-state index contributed by atoms with van der Waals surface area (Å²) < 4.78 is 25.0. The van der Waals surface area contributed by atoms with Crippen LogP contribution in [0.5, 0.6) is 11.5 Å². The second-order valence-electron chi connectivity index (χ2n) is 7.37. The Morgan fingerprint density at radius 2 is 1.67 bits per heavy atom. The molecule has 0 bridgehead atoms. The number of ether oxygens (including phenoxy) is 2. The van der Waals surface area contributed by atoms with E-state index in [4.69, 9.17) is 9.47 Å². The van der Waals surface area contributed by atoms with Gasteiger partial charge in [-0.3, -0.25) is 9.59 Å². The van der Waals surface area contributed by atoms with Crippen LogP contribution >= 0.6 is 0 Å². The molecule has 2 aromatic rings. The fourth-order valence-electron chi connectivity index (χ4n) is 2.81. The van der Waals surface area contributed by atoms with Crippen LogP contribution in [0.2, 0.25) is 0 Å². The van der Waals surface area contributed by atoms with Gasteiger partial charge in [0.2, 0.25) is 5.91 Å². The number of nitrogens with one attached hydrogen (secondary N) is 1. The summed E-state index contributed by atoms with van der Waals surface area (Å²) in [5.41, 5.74) is 0.326. The molecule has 0 aromatic heterocycles. The van der Waals surface area contributed by atoms with Crippen molar-refractivity contribution in [3.8, 4) is 11.5 Å². The van der Waals surface area contributed by atoms with E-state index < -0.39 is 17.8 Å². The van der Waals surface area contributed by atoms with Crippen molar-refractivity contribution in [1.82, 2.24) is 10.2 Å². The number of methoxy groups -OCH3 is 1. The van der Waals surface area contributed by atoms with E-state index in [9.17, 15) is 14.0 Å². The lowest BCUT2D eigenvalue weighted by molar-refractivity contribution is -0.142. The standard InChI is InChI=1S/C23H29FN2O4/c1-16(2)13-25-23(28)17(3)26(14-18-9-5-6-10-19(18)24)22(27)15-30-21-12-8-7-11-20(21)29-4/h5-12,16-17H,13-15H2,1-4H3,(H,25,28)/t17-/m0/s1. The van der Waals surface area contributed by atoms with Gasteiger partial charge in [-0.05, 0) is 31.0 Å². The van der Waals surface area contributed by atoms with E-state index in [1.165, 1.54) is 18.1 Å². The lowest BCUT2D eigenvalue weighted by atomic mass is 10.1. The number of hydrogen-bond donors (Lipinski definition) is 1. The Morgan fingerprint density at radius 3 is 2.30 bits per heavy atom. The highest BCUT2D eigenvalue weighted by atomic mass is 19.1. The van der Waals surface area contributed by atoms with E-state index in [1.54, 1.807) is 49.4 Å². The maximum Gasteiger partial charge on any atom is 0.261 e. The second-order valence-corrected chi connectivity index (χ2v) is 7.37. The van der Waals surface area contributed by atoms with E-state index in [0.29, 0.717) is 23.6 Å². The van der Waals surface area contributed by atoms with Crippen LogP contribution in [0.3, 0.4) is 0 Å². The zero-order chi connectivity index (χ0) is 22.1. The van der Waals surface area contributed by atoms with E-state index >= 15 is 0 Å². The molecule has 162 valence electrons. The molecular formula is C23H29FN2O4. The minimum Gasteiger partial charge on any atom is -0.493 e. The Hall–Kier alpha value is -3.09. The van der Waals surface area contributed by atoms with Crippen LogP contribution in [-0.2, 0) is 16.1 Å². The Balaban J connectivity index is 2.17. The first-order valence-electron chi connectivity index (χ1n) is 9.89. The van der Waals surface area contributed by atoms with Gasteiger partial charge in [0.1, 0.15) is 11.9 Å². The second kappa shape index (κ2) is 11.2. The summed E-state index contributed by atoms with van der Waals surface area (Å²) >= 11 is 0. The van der Waals surface area contributed by atoms with Crippen molar-refractivity contribution >= 4 is 11.8 Å². The maximum atomic E-state index is 14.2. The number of carbonyl (C=O) groups excluding carboxylic acids is 2. The molecule has 1 atom stereocenters. The molecular weight excluding hydrogens is 387 g/mol. The van der Waals surface area contributed by atoms with Crippen molar-refractivity contribution in [2.24, 2.45) is 5.92 Å². The van der Waals surface area contributed by atoms with Crippen LogP contribution in [0, 0.1) is 11.7 Å². The summed E-state index contributed by atoms with van der Waals surface area (Å²) in [5, 5.41) is 2.82. The van der Waals surface area contributed by atoms with Crippen molar-refractivity contribution < 1.29 is 23.5 Å². The molecule has 0 aliphatic heterocycles. The van der Waals surface area contributed by atoms with Crippen LogP contribution in [0.4, 0.5) is 4.39 Å². The minimum absolute atomic E-state index is 0.0446. The van der Waals surface area contributed by atoms with Crippen LogP contribution in [0.1, 0.15) is 26.3 Å². The quantitative estimate of drug-likeness (QED) is 0.645. The van der Waals surface area contributed by atoms with Gasteiger partial charge >= 0.3 is 0 Å². The molecule has 0 saturated heterocycles. The van der Waals surface area contributed by atoms with E-state index in [-0.39, 0.29) is 25.0 Å². The van der Waals surface area contributed by atoms with Crippen LogP contribution in [0.25, 0.3) is 0 Å². The number of carbonyl (C=O) groups is 2. The molecule has 0 aliphatic carbocycles. The molecule has 0 aliphatic rings. The third-order valence-electron chi connectivity index (χ3n) is 4.57. The Morgan fingerprint density at radius 1 is 1.03 bits per heavy atom. The third-order valence-corrected chi connectivity index (χ3v) is 4.57. The molecule has 0 saturated carbocycles. The fraction of sp³-hybridized carbons (Fsp3) is 0.391. The van der Waals surface area contributed by atoms with Gasteiger partial charge in [0.15, 0.2) is 18.1 Å². The lowest BCUT2D eigenvalue weighted by Crippen LogP contribution is -2.49. The summed E-state index contributed by atoms with van der Waals surface area (Å²) in [6.07, 6.45) is 0. The molecule has 7 heteroatoms. The number of benzene rings is 2. The zero-order valence-electron chi connectivity index (χ0n) is 17.9. The van der Waals surface area contributed by atoms with Crippen molar-refractivity contribution in [1.29, 1.82) is 0 Å². The molecule has 2 amide bonds. The van der Waals surface area contributed by atoms with Crippen LogP contribution in [-0.4, -0.2) is 43.0 Å². The number of rotatable bonds is 10. The molecule has 2 rings (SSSR count). The molecule has 0 radical (unpaired) electrons. The highest BCUT2D eigenvalue weighted by Gasteiger charge is 2.27. The summed E-state index contributed by atoms with van der Waals surface area (Å²) in [6.45, 7) is 5.72. The number of hydrogen-bond acceptors (Lipinski definition) is 4. The highest BCUT2D eigenvalue weighted by molar-refractivity contribution is 5.88. The molecule has 1 N–H and O–H groups in total. The topological polar surface area (TPSA) is 67.9 Å². The predicted molar refractivity (Wildman–Crippen MR) is 113 cm³/mol. The molecule has 0 heterocycles. The molecule has 0 unspecified atom stereocenters. The summed E-state index contributed by atoms with van der Waals surface area (Å²) in [7, 11) is 1.51. The smallest absolute Gasteiger partial charge is 0.261 e. The largest absolute Gasteiger partial charge is 0.493 e. The zero-order valence-corrected chi connectivity index (χ0v) is 17.9. The minimum atomic E-state index is -0.794. The number of halogens is 1. The monoisotopic (exact) mass is 416 g/mol. The predicted octanol–water partition coefficient (Wildman–Crippen LogP) is 3.40. The third kappa shape index (κ3) is 6.47. The van der Waals surface area contributed by atoms with E-state index in [2.05, 4.69) is 5.32 Å². The first-order valence-corrected chi connectivity index (χ1v) is 9.89. The van der Waals surface area contributed by atoms with Crippen LogP contribution < -0.4 is 14.8 Å².